The largest absolute Gasteiger partial charge is 0.393 e. The van der Waals surface area contributed by atoms with Gasteiger partial charge in [0.2, 0.25) is 12.8 Å². The highest BCUT2D eigenvalue weighted by Crippen LogP contribution is 2.28. The summed E-state index contributed by atoms with van der Waals surface area (Å²) in [5, 5.41) is 6.65. The second-order valence-electron chi connectivity index (χ2n) is 5.96. The Balaban J connectivity index is 2.04. The maximum absolute atomic E-state index is 10.6. The second-order valence-corrected chi connectivity index (χ2v) is 5.96. The third-order valence-electron chi connectivity index (χ3n) is 3.74. The lowest BCUT2D eigenvalue weighted by Crippen LogP contribution is -2.55. The normalized spacial score (nSPS) is 16.3. The molecule has 0 atom stereocenters. The Morgan fingerprint density at radius 1 is 1.48 bits per heavy atom. The van der Waals surface area contributed by atoms with Crippen LogP contribution in [0.1, 0.15) is 18.1 Å². The summed E-state index contributed by atoms with van der Waals surface area (Å²) in [4.78, 5) is 32.2. The summed E-state index contributed by atoms with van der Waals surface area (Å²) in [6.07, 6.45) is 1.45. The Kier molecular flexibility index (Phi) is 5.10. The number of nitrogens with zero attached hydrogens (tertiary/aromatic N) is 3. The third kappa shape index (κ3) is 3.94. The molecule has 2 rings (SSSR count). The summed E-state index contributed by atoms with van der Waals surface area (Å²) < 4.78 is 0. The SMILES string of the molecule is C=N/C(=N\OCC1(C)CN(C=O)C1)c1ccc(C)c(NC=O)c1. The van der Waals surface area contributed by atoms with Crippen molar-refractivity contribution in [2.24, 2.45) is 15.6 Å². The zero-order valence-corrected chi connectivity index (χ0v) is 13.3. The first-order valence-corrected chi connectivity index (χ1v) is 7.18. The Labute approximate surface area is 135 Å². The molecule has 0 spiro atoms. The van der Waals surface area contributed by atoms with E-state index >= 15 is 0 Å². The molecule has 1 aliphatic rings. The zero-order valence-electron chi connectivity index (χ0n) is 13.3. The van der Waals surface area contributed by atoms with Crippen LogP contribution in [0.2, 0.25) is 0 Å². The van der Waals surface area contributed by atoms with Crippen molar-refractivity contribution in [2.45, 2.75) is 13.8 Å². The van der Waals surface area contributed by atoms with E-state index < -0.39 is 0 Å². The predicted molar refractivity (Wildman–Crippen MR) is 88.6 cm³/mol. The molecule has 1 saturated heterocycles. The highest BCUT2D eigenvalue weighted by molar-refractivity contribution is 6.02. The Bertz CT molecular complexity index is 636. The number of carbonyl (C=O) groups is 2. The van der Waals surface area contributed by atoms with Crippen molar-refractivity contribution < 1.29 is 14.4 Å². The number of carbonyl (C=O) groups excluding carboxylic acids is 2. The molecule has 7 heteroatoms. The van der Waals surface area contributed by atoms with Crippen LogP contribution in [0.15, 0.2) is 28.3 Å². The number of amides is 2. The van der Waals surface area contributed by atoms with Gasteiger partial charge < -0.3 is 15.1 Å². The molecule has 0 saturated carbocycles. The van der Waals surface area contributed by atoms with Crippen LogP contribution in [0.5, 0.6) is 0 Å². The fraction of sp³-hybridized carbons (Fsp3) is 0.375. The van der Waals surface area contributed by atoms with Gasteiger partial charge in [0, 0.05) is 29.8 Å². The van der Waals surface area contributed by atoms with E-state index in [-0.39, 0.29) is 5.41 Å². The van der Waals surface area contributed by atoms with Crippen LogP contribution in [0.25, 0.3) is 0 Å². The van der Waals surface area contributed by atoms with E-state index in [1.807, 2.05) is 26.0 Å². The summed E-state index contributed by atoms with van der Waals surface area (Å²) in [6.45, 7) is 9.12. The molecule has 0 aliphatic carbocycles. The average Bonchev–Trinajstić information content (AvgIpc) is 2.51. The molecule has 1 N–H and O–H groups in total. The molecule has 1 fully saturated rings. The molecule has 122 valence electrons. The molecule has 7 nitrogen and oxygen atoms in total. The minimum absolute atomic E-state index is 0.0891. The van der Waals surface area contributed by atoms with Gasteiger partial charge in [-0.15, -0.1) is 0 Å². The Hall–Kier alpha value is -2.70. The van der Waals surface area contributed by atoms with Gasteiger partial charge in [-0.3, -0.25) is 9.59 Å². The van der Waals surface area contributed by atoms with Crippen LogP contribution >= 0.6 is 0 Å². The van der Waals surface area contributed by atoms with Crippen LogP contribution < -0.4 is 5.32 Å². The molecule has 1 aromatic rings. The van der Waals surface area contributed by atoms with Crippen LogP contribution in [-0.2, 0) is 14.4 Å². The van der Waals surface area contributed by atoms with Gasteiger partial charge >= 0.3 is 0 Å². The number of anilines is 1. The summed E-state index contributed by atoms with van der Waals surface area (Å²) in [5.41, 5.74) is 2.22. The lowest BCUT2D eigenvalue weighted by Gasteiger charge is -2.44. The van der Waals surface area contributed by atoms with E-state index in [4.69, 9.17) is 4.84 Å². The van der Waals surface area contributed by atoms with Gasteiger partial charge in [0.25, 0.3) is 0 Å². The Morgan fingerprint density at radius 2 is 2.22 bits per heavy atom. The van der Waals surface area contributed by atoms with Crippen molar-refractivity contribution in [1.82, 2.24) is 4.90 Å². The predicted octanol–water partition coefficient (Wildman–Crippen LogP) is 1.42. The summed E-state index contributed by atoms with van der Waals surface area (Å²) in [5.74, 6) is 0.342. The van der Waals surface area contributed by atoms with Gasteiger partial charge in [-0.25, -0.2) is 4.99 Å². The lowest BCUT2D eigenvalue weighted by molar-refractivity contribution is -0.132. The summed E-state index contributed by atoms with van der Waals surface area (Å²) >= 11 is 0. The van der Waals surface area contributed by atoms with Crippen molar-refractivity contribution >= 4 is 31.1 Å². The maximum atomic E-state index is 10.6. The number of oxime groups is 1. The van der Waals surface area contributed by atoms with Gasteiger partial charge in [-0.1, -0.05) is 24.2 Å². The van der Waals surface area contributed by atoms with Gasteiger partial charge in [-0.05, 0) is 25.3 Å². The molecule has 1 heterocycles. The van der Waals surface area contributed by atoms with Crippen molar-refractivity contribution in [2.75, 3.05) is 25.0 Å². The van der Waals surface area contributed by atoms with Gasteiger partial charge in [0.05, 0.1) is 0 Å². The van der Waals surface area contributed by atoms with Crippen LogP contribution in [0.3, 0.4) is 0 Å². The van der Waals surface area contributed by atoms with E-state index in [9.17, 15) is 9.59 Å². The number of amidine groups is 1. The van der Waals surface area contributed by atoms with E-state index in [0.717, 1.165) is 12.0 Å². The molecular formula is C16H20N4O3. The minimum Gasteiger partial charge on any atom is -0.393 e. The highest BCUT2D eigenvalue weighted by Gasteiger charge is 2.39. The van der Waals surface area contributed by atoms with Crippen LogP contribution in [-0.4, -0.2) is 50.0 Å². The molecule has 1 aromatic carbocycles. The fourth-order valence-corrected chi connectivity index (χ4v) is 2.50. The van der Waals surface area contributed by atoms with Gasteiger partial charge in [0.15, 0.2) is 5.84 Å². The Morgan fingerprint density at radius 3 is 2.83 bits per heavy atom. The second kappa shape index (κ2) is 7.04. The number of aryl methyl sites for hydroxylation is 1. The van der Waals surface area contributed by atoms with Crippen molar-refractivity contribution in [3.63, 3.8) is 0 Å². The number of likely N-dealkylation sites (tertiary alicyclic amines) is 1. The van der Waals surface area contributed by atoms with Crippen molar-refractivity contribution in [1.29, 1.82) is 0 Å². The topological polar surface area (TPSA) is 83.4 Å². The summed E-state index contributed by atoms with van der Waals surface area (Å²) in [7, 11) is 0. The molecule has 1 aliphatic heterocycles. The smallest absolute Gasteiger partial charge is 0.211 e. The number of aliphatic imine (C=N–C) groups is 1. The number of hydrogen-bond acceptors (Lipinski definition) is 4. The standard InChI is InChI=1S/C16H20N4O3/c1-12-4-5-13(6-14(12)18-10-21)15(17-3)19-23-9-16(2)7-20(8-16)11-22/h4-6,10-11H,3,7-9H2,1-2H3,(H,18,21)/b19-15-. The molecule has 0 bridgehead atoms. The fourth-order valence-electron chi connectivity index (χ4n) is 2.50. The first-order chi connectivity index (χ1) is 11.0. The minimum atomic E-state index is -0.0891. The lowest BCUT2D eigenvalue weighted by atomic mass is 9.83. The molecule has 2 amide bonds. The number of benzene rings is 1. The van der Waals surface area contributed by atoms with Crippen LogP contribution in [0, 0.1) is 12.3 Å². The first-order valence-electron chi connectivity index (χ1n) is 7.18. The average molecular weight is 316 g/mol. The summed E-state index contributed by atoms with van der Waals surface area (Å²) in [6, 6.07) is 5.46. The molecule has 0 unspecified atom stereocenters. The monoisotopic (exact) mass is 316 g/mol. The molecule has 0 aromatic heterocycles. The van der Waals surface area contributed by atoms with Gasteiger partial charge in [0.1, 0.15) is 6.61 Å². The van der Waals surface area contributed by atoms with E-state index in [1.165, 1.54) is 0 Å². The zero-order chi connectivity index (χ0) is 16.9. The maximum Gasteiger partial charge on any atom is 0.211 e. The number of rotatable bonds is 7. The van der Waals surface area contributed by atoms with Crippen molar-refractivity contribution in [3.8, 4) is 0 Å². The number of hydrogen-bond donors (Lipinski definition) is 1. The number of nitrogens with one attached hydrogen (secondary N) is 1. The third-order valence-corrected chi connectivity index (χ3v) is 3.74. The molecular weight excluding hydrogens is 296 g/mol. The van der Waals surface area contributed by atoms with Crippen molar-refractivity contribution in [3.05, 3.63) is 29.3 Å². The van der Waals surface area contributed by atoms with E-state index in [1.54, 1.807) is 11.0 Å². The van der Waals surface area contributed by atoms with E-state index in [2.05, 4.69) is 22.2 Å². The van der Waals surface area contributed by atoms with E-state index in [0.29, 0.717) is 43.2 Å². The van der Waals surface area contributed by atoms with Gasteiger partial charge in [-0.2, -0.15) is 0 Å². The highest BCUT2D eigenvalue weighted by atomic mass is 16.6. The molecule has 0 radical (unpaired) electrons. The first kappa shape index (κ1) is 16.7. The molecule has 23 heavy (non-hydrogen) atoms. The quantitative estimate of drug-likeness (QED) is 0.357. The van der Waals surface area contributed by atoms with Crippen LogP contribution in [0.4, 0.5) is 5.69 Å².